The van der Waals surface area contributed by atoms with Gasteiger partial charge in [0.25, 0.3) is 0 Å². The molecule has 1 rings (SSSR count). The number of benzene rings is 1. The maximum Gasteiger partial charge on any atom is 0.306 e. The normalized spacial score (nSPS) is 11.6. The molecule has 0 saturated carbocycles. The van der Waals surface area contributed by atoms with Crippen LogP contribution in [0.5, 0.6) is 0 Å². The molecule has 0 bridgehead atoms. The van der Waals surface area contributed by atoms with Gasteiger partial charge in [-0.05, 0) is 34.1 Å². The third-order valence-corrected chi connectivity index (χ3v) is 5.77. The van der Waals surface area contributed by atoms with E-state index in [0.29, 0.717) is 4.47 Å². The molecule has 0 N–H and O–H groups in total. The van der Waals surface area contributed by atoms with Crippen LogP contribution < -0.4 is 0 Å². The summed E-state index contributed by atoms with van der Waals surface area (Å²) in [5.74, 6) is -0.447. The molecule has 0 aliphatic rings. The fourth-order valence-corrected chi connectivity index (χ4v) is 4.20. The first-order chi connectivity index (χ1) is 8.78. The van der Waals surface area contributed by atoms with E-state index in [0.717, 1.165) is 8.78 Å². The van der Waals surface area contributed by atoms with Gasteiger partial charge in [0.2, 0.25) is 10.0 Å². The number of ether oxygens (including phenoxy) is 1. The molecular weight excluding hydrogens is 402 g/mol. The summed E-state index contributed by atoms with van der Waals surface area (Å²) in [6.07, 6.45) is 0.0143. The van der Waals surface area contributed by atoms with E-state index >= 15 is 0 Å². The second kappa shape index (κ2) is 6.83. The van der Waals surface area contributed by atoms with Crippen molar-refractivity contribution in [2.75, 3.05) is 20.7 Å². The van der Waals surface area contributed by atoms with Gasteiger partial charge in [-0.15, -0.1) is 0 Å². The Morgan fingerprint density at radius 2 is 2.00 bits per heavy atom. The highest BCUT2D eigenvalue weighted by atomic mass is 79.9. The van der Waals surface area contributed by atoms with Crippen molar-refractivity contribution >= 4 is 47.9 Å². The van der Waals surface area contributed by atoms with Gasteiger partial charge in [0.05, 0.1) is 18.4 Å². The molecule has 0 atom stereocenters. The summed E-state index contributed by atoms with van der Waals surface area (Å²) in [5.41, 5.74) is 0. The van der Waals surface area contributed by atoms with Crippen molar-refractivity contribution in [1.82, 2.24) is 4.31 Å². The van der Waals surface area contributed by atoms with Crippen LogP contribution in [0.1, 0.15) is 6.42 Å². The highest BCUT2D eigenvalue weighted by Crippen LogP contribution is 2.27. The standard InChI is InChI=1S/C11H13Br2NO4S/c1-14(6-5-11(15)18-2)19(16,17)10-4-3-8(12)7-9(10)13/h3-4,7H,5-6H2,1-2H3. The predicted octanol–water partition coefficient (Wildman–Crippen LogP) is 2.40. The zero-order chi connectivity index (χ0) is 14.6. The average Bonchev–Trinajstić information content (AvgIpc) is 2.34. The Labute approximate surface area is 129 Å². The third-order valence-electron chi connectivity index (χ3n) is 2.44. The number of sulfonamides is 1. The molecule has 0 heterocycles. The molecule has 0 saturated heterocycles. The predicted molar refractivity (Wildman–Crippen MR) is 78.3 cm³/mol. The minimum absolute atomic E-state index is 0.0143. The Hall–Kier alpha value is -0.440. The molecule has 1 aromatic rings. The van der Waals surface area contributed by atoms with Gasteiger partial charge < -0.3 is 4.74 Å². The Morgan fingerprint density at radius 1 is 1.37 bits per heavy atom. The minimum atomic E-state index is -3.63. The largest absolute Gasteiger partial charge is 0.469 e. The van der Waals surface area contributed by atoms with Crippen LogP contribution in [0.3, 0.4) is 0 Å². The second-order valence-corrected chi connectivity index (χ2v) is 7.51. The van der Waals surface area contributed by atoms with Gasteiger partial charge in [-0.2, -0.15) is 0 Å². The summed E-state index contributed by atoms with van der Waals surface area (Å²) in [6.45, 7) is 0.0670. The first-order valence-electron chi connectivity index (χ1n) is 5.27. The number of rotatable bonds is 5. The molecule has 0 fully saturated rings. The number of methoxy groups -OCH3 is 1. The molecule has 0 aliphatic carbocycles. The highest BCUT2D eigenvalue weighted by molar-refractivity contribution is 9.11. The Balaban J connectivity index is 2.94. The number of carbonyl (C=O) groups excluding carboxylic acids is 1. The first kappa shape index (κ1) is 16.6. The fraction of sp³-hybridized carbons (Fsp3) is 0.364. The number of carbonyl (C=O) groups is 1. The van der Waals surface area contributed by atoms with Gasteiger partial charge in [0.1, 0.15) is 0 Å². The van der Waals surface area contributed by atoms with Crippen molar-refractivity contribution in [3.05, 3.63) is 27.1 Å². The molecule has 0 aliphatic heterocycles. The van der Waals surface area contributed by atoms with Gasteiger partial charge in [0, 0.05) is 22.5 Å². The highest BCUT2D eigenvalue weighted by Gasteiger charge is 2.23. The molecule has 8 heteroatoms. The molecule has 19 heavy (non-hydrogen) atoms. The lowest BCUT2D eigenvalue weighted by molar-refractivity contribution is -0.140. The zero-order valence-electron chi connectivity index (χ0n) is 10.4. The van der Waals surface area contributed by atoms with Crippen LogP contribution in [0.2, 0.25) is 0 Å². The number of esters is 1. The molecule has 0 aromatic heterocycles. The second-order valence-electron chi connectivity index (χ2n) is 3.73. The number of nitrogens with zero attached hydrogens (tertiary/aromatic N) is 1. The number of hydrogen-bond acceptors (Lipinski definition) is 4. The van der Waals surface area contributed by atoms with Crippen molar-refractivity contribution in [2.24, 2.45) is 0 Å². The summed E-state index contributed by atoms with van der Waals surface area (Å²) in [6, 6.07) is 4.80. The Bertz CT molecular complexity index is 574. The van der Waals surface area contributed by atoms with Gasteiger partial charge in [-0.3, -0.25) is 4.79 Å². The van der Waals surface area contributed by atoms with Crippen molar-refractivity contribution in [2.45, 2.75) is 11.3 Å². The van der Waals surface area contributed by atoms with Gasteiger partial charge in [-0.25, -0.2) is 12.7 Å². The quantitative estimate of drug-likeness (QED) is 0.694. The number of hydrogen-bond donors (Lipinski definition) is 0. The summed E-state index contributed by atoms with van der Waals surface area (Å²) in [5, 5.41) is 0. The van der Waals surface area contributed by atoms with Crippen LogP contribution in [0.4, 0.5) is 0 Å². The van der Waals surface area contributed by atoms with Crippen LogP contribution in [0.25, 0.3) is 0 Å². The molecule has 0 radical (unpaired) electrons. The van der Waals surface area contributed by atoms with Crippen LogP contribution >= 0.6 is 31.9 Å². The van der Waals surface area contributed by atoms with Crippen LogP contribution in [0.15, 0.2) is 32.0 Å². The maximum absolute atomic E-state index is 12.3. The van der Waals surface area contributed by atoms with Crippen molar-refractivity contribution in [3.63, 3.8) is 0 Å². The van der Waals surface area contributed by atoms with Crippen LogP contribution in [0, 0.1) is 0 Å². The summed E-state index contributed by atoms with van der Waals surface area (Å²) in [7, 11) is -0.943. The number of halogens is 2. The van der Waals surface area contributed by atoms with E-state index in [1.807, 2.05) is 0 Å². The average molecular weight is 415 g/mol. The summed E-state index contributed by atoms with van der Waals surface area (Å²) < 4.78 is 31.4. The van der Waals surface area contributed by atoms with E-state index in [2.05, 4.69) is 36.6 Å². The smallest absolute Gasteiger partial charge is 0.306 e. The van der Waals surface area contributed by atoms with E-state index in [9.17, 15) is 13.2 Å². The fourth-order valence-electron chi connectivity index (χ4n) is 1.32. The summed E-state index contributed by atoms with van der Waals surface area (Å²) >= 11 is 6.48. The Morgan fingerprint density at radius 3 is 2.53 bits per heavy atom. The van der Waals surface area contributed by atoms with E-state index in [-0.39, 0.29) is 17.9 Å². The minimum Gasteiger partial charge on any atom is -0.469 e. The van der Waals surface area contributed by atoms with E-state index in [1.165, 1.54) is 20.2 Å². The molecular formula is C11H13Br2NO4S. The van der Waals surface area contributed by atoms with E-state index in [4.69, 9.17) is 0 Å². The lowest BCUT2D eigenvalue weighted by Crippen LogP contribution is -2.29. The molecule has 106 valence electrons. The topological polar surface area (TPSA) is 63.7 Å². The van der Waals surface area contributed by atoms with Crippen molar-refractivity contribution in [1.29, 1.82) is 0 Å². The lowest BCUT2D eigenvalue weighted by Gasteiger charge is -2.17. The third kappa shape index (κ3) is 4.27. The first-order valence-corrected chi connectivity index (χ1v) is 8.30. The molecule has 0 amide bonds. The lowest BCUT2D eigenvalue weighted by atomic mass is 10.4. The zero-order valence-corrected chi connectivity index (χ0v) is 14.4. The molecule has 0 unspecified atom stereocenters. The van der Waals surface area contributed by atoms with Crippen LogP contribution in [-0.4, -0.2) is 39.4 Å². The van der Waals surface area contributed by atoms with E-state index < -0.39 is 16.0 Å². The maximum atomic E-state index is 12.3. The monoisotopic (exact) mass is 413 g/mol. The van der Waals surface area contributed by atoms with Gasteiger partial charge in [-0.1, -0.05) is 15.9 Å². The summed E-state index contributed by atoms with van der Waals surface area (Å²) in [4.78, 5) is 11.2. The van der Waals surface area contributed by atoms with Crippen molar-refractivity contribution < 1.29 is 17.9 Å². The molecule has 0 spiro atoms. The van der Waals surface area contributed by atoms with E-state index in [1.54, 1.807) is 12.1 Å². The molecule has 5 nitrogen and oxygen atoms in total. The van der Waals surface area contributed by atoms with Crippen molar-refractivity contribution in [3.8, 4) is 0 Å². The Kier molecular flexibility index (Phi) is 5.97. The van der Waals surface area contributed by atoms with Gasteiger partial charge >= 0.3 is 5.97 Å². The van der Waals surface area contributed by atoms with Crippen LogP contribution in [-0.2, 0) is 19.6 Å². The van der Waals surface area contributed by atoms with Gasteiger partial charge in [0.15, 0.2) is 0 Å². The molecule has 1 aromatic carbocycles. The SMILES string of the molecule is COC(=O)CCN(C)S(=O)(=O)c1ccc(Br)cc1Br.